The van der Waals surface area contributed by atoms with Crippen LogP contribution in [0.3, 0.4) is 0 Å². The number of carbonyl (C=O) groups excluding carboxylic acids is 1. The molecule has 12 atom stereocenters. The van der Waals surface area contributed by atoms with Crippen LogP contribution in [-0.2, 0) is 4.74 Å². The lowest BCUT2D eigenvalue weighted by molar-refractivity contribution is -0.203. The van der Waals surface area contributed by atoms with Crippen molar-refractivity contribution in [1.82, 2.24) is 4.90 Å². The molecule has 2 N–H and O–H groups in total. The Balaban J connectivity index is 1.09. The van der Waals surface area contributed by atoms with Gasteiger partial charge in [-0.1, -0.05) is 57.8 Å². The van der Waals surface area contributed by atoms with E-state index in [1.807, 2.05) is 23.1 Å². The molecule has 0 bridgehead atoms. The molecular weight excluding hydrogens is 546 g/mol. The average Bonchev–Trinajstić information content (AvgIpc) is 3.59. The molecule has 1 heterocycles. The van der Waals surface area contributed by atoms with Gasteiger partial charge in [0.15, 0.2) is 0 Å². The first kappa shape index (κ1) is 30.7. The van der Waals surface area contributed by atoms with Gasteiger partial charge in [-0.05, 0) is 134 Å². The minimum Gasteiger partial charge on any atom is -0.449 e. The molecule has 5 nitrogen and oxygen atoms in total. The minimum atomic E-state index is -0.254. The number of nitrogens with zero attached hydrogens (tertiary/aromatic N) is 1. The Kier molecular flexibility index (Phi) is 8.70. The van der Waals surface area contributed by atoms with Crippen LogP contribution < -0.4 is 0 Å². The maximum absolute atomic E-state index is 13.2. The maximum atomic E-state index is 13.2. The lowest BCUT2D eigenvalue weighted by Crippen LogP contribution is -2.62. The van der Waals surface area contributed by atoms with Crippen molar-refractivity contribution < 1.29 is 19.7 Å². The molecule has 0 radical (unpaired) electrons. The molecular formula is C36H54ClNO4. The third-order valence-corrected chi connectivity index (χ3v) is 13.9. The second kappa shape index (κ2) is 11.9. The Morgan fingerprint density at radius 3 is 2.60 bits per heavy atom. The Hall–Kier alpha value is -1.30. The predicted octanol–water partition coefficient (Wildman–Crippen LogP) is 8.27. The Morgan fingerprint density at radius 1 is 1.07 bits per heavy atom. The van der Waals surface area contributed by atoms with E-state index in [-0.39, 0.29) is 35.2 Å². The molecule has 6 rings (SSSR count). The van der Waals surface area contributed by atoms with Crippen molar-refractivity contribution >= 4 is 17.7 Å². The molecule has 6 heteroatoms. The lowest BCUT2D eigenvalue weighted by atomic mass is 9.41. The molecule has 1 aromatic carbocycles. The molecule has 1 amide bonds. The summed E-state index contributed by atoms with van der Waals surface area (Å²) in [6.07, 6.45) is 10.9. The first-order chi connectivity index (χ1) is 20.1. The van der Waals surface area contributed by atoms with E-state index in [1.54, 1.807) is 0 Å². The van der Waals surface area contributed by atoms with Crippen LogP contribution in [0.1, 0.15) is 110 Å². The van der Waals surface area contributed by atoms with Crippen molar-refractivity contribution in [2.45, 2.75) is 117 Å². The average molecular weight is 600 g/mol. The van der Waals surface area contributed by atoms with Gasteiger partial charge in [0.2, 0.25) is 0 Å². The van der Waals surface area contributed by atoms with Gasteiger partial charge in [-0.15, -0.1) is 0 Å². The van der Waals surface area contributed by atoms with E-state index in [0.29, 0.717) is 53.1 Å². The number of aliphatic hydroxyl groups excluding tert-OH is 2. The van der Waals surface area contributed by atoms with Crippen molar-refractivity contribution in [1.29, 1.82) is 0 Å². The summed E-state index contributed by atoms with van der Waals surface area (Å²) in [4.78, 5) is 15.0. The number of hydrogen-bond donors (Lipinski definition) is 2. The predicted molar refractivity (Wildman–Crippen MR) is 167 cm³/mol. The number of benzene rings is 1. The molecule has 0 aromatic heterocycles. The Labute approximate surface area is 258 Å². The highest BCUT2D eigenvalue weighted by atomic mass is 35.5. The number of amides is 1. The quantitative estimate of drug-likeness (QED) is 0.345. The number of carbonyl (C=O) groups is 1. The number of aliphatic hydroxyl groups is 2. The van der Waals surface area contributed by atoms with E-state index in [2.05, 4.69) is 33.8 Å². The molecule has 1 saturated heterocycles. The number of likely N-dealkylation sites (tertiary alicyclic amines) is 1. The zero-order valence-electron chi connectivity index (χ0n) is 26.3. The summed E-state index contributed by atoms with van der Waals surface area (Å²) in [5.41, 5.74) is 1.56. The second-order valence-corrected chi connectivity index (χ2v) is 15.8. The summed E-state index contributed by atoms with van der Waals surface area (Å²) in [7, 11) is 0. The zero-order chi connectivity index (χ0) is 29.8. The highest BCUT2D eigenvalue weighted by Crippen LogP contribution is 2.69. The van der Waals surface area contributed by atoms with E-state index in [4.69, 9.17) is 16.3 Å². The van der Waals surface area contributed by atoms with Crippen molar-refractivity contribution in [2.75, 3.05) is 13.2 Å². The first-order valence-electron chi connectivity index (χ1n) is 17.1. The molecule has 5 aliphatic rings. The highest BCUT2D eigenvalue weighted by Gasteiger charge is 2.64. The molecule has 2 unspecified atom stereocenters. The van der Waals surface area contributed by atoms with Gasteiger partial charge in [-0.25, -0.2) is 4.79 Å². The molecule has 1 aromatic rings. The third-order valence-electron chi connectivity index (χ3n) is 13.7. The van der Waals surface area contributed by atoms with Crippen LogP contribution in [0.25, 0.3) is 0 Å². The number of ether oxygens (including phenoxy) is 1. The van der Waals surface area contributed by atoms with Crippen molar-refractivity contribution in [2.24, 2.45) is 52.3 Å². The van der Waals surface area contributed by atoms with Crippen molar-refractivity contribution in [3.63, 3.8) is 0 Å². The molecule has 4 saturated carbocycles. The van der Waals surface area contributed by atoms with E-state index in [9.17, 15) is 15.0 Å². The second-order valence-electron chi connectivity index (χ2n) is 15.4. The largest absolute Gasteiger partial charge is 0.449 e. The summed E-state index contributed by atoms with van der Waals surface area (Å²) in [6, 6.07) is 7.90. The topological polar surface area (TPSA) is 70.0 Å². The van der Waals surface area contributed by atoms with Gasteiger partial charge >= 0.3 is 6.09 Å². The van der Waals surface area contributed by atoms with E-state index < -0.39 is 0 Å². The van der Waals surface area contributed by atoms with E-state index in [0.717, 1.165) is 57.1 Å². The summed E-state index contributed by atoms with van der Waals surface area (Å²) in [6.45, 7) is 10.9. The highest BCUT2D eigenvalue weighted by molar-refractivity contribution is 6.30. The van der Waals surface area contributed by atoms with Gasteiger partial charge in [-0.2, -0.15) is 0 Å². The van der Waals surface area contributed by atoms with E-state index in [1.165, 1.54) is 25.7 Å². The molecule has 0 spiro atoms. The summed E-state index contributed by atoms with van der Waals surface area (Å²) in [5.74, 6) is 3.30. The van der Waals surface area contributed by atoms with Crippen molar-refractivity contribution in [3.05, 3.63) is 34.9 Å². The standard InChI is InChI=1S/C36H54ClNO4/c1-5-26-30-21-25(39)13-16-36(30,4)29-14-17-35(3)27(11-12-28(35)32(29)33(26)40)22(2)15-19-42-34(41)38-18-7-10-31(38)23-8-6-9-24(37)20-23/h6,8-9,20,22,25-33,39-40H,5,7,10-19,21H2,1-4H3/t22-,25-,26-,27-,28+,29+,30?,31?,32+,33-,35-,36-/m1/s1. The van der Waals surface area contributed by atoms with Gasteiger partial charge in [0.05, 0.1) is 24.9 Å². The van der Waals surface area contributed by atoms with Gasteiger partial charge < -0.3 is 19.8 Å². The van der Waals surface area contributed by atoms with Crippen LogP contribution in [0, 0.1) is 52.3 Å². The molecule has 1 aliphatic heterocycles. The van der Waals surface area contributed by atoms with Crippen LogP contribution in [0.15, 0.2) is 24.3 Å². The summed E-state index contributed by atoms with van der Waals surface area (Å²) < 4.78 is 5.91. The summed E-state index contributed by atoms with van der Waals surface area (Å²) in [5, 5.41) is 23.2. The van der Waals surface area contributed by atoms with E-state index >= 15 is 0 Å². The molecule has 4 aliphatic carbocycles. The fraction of sp³-hybridized carbons (Fsp3) is 0.806. The minimum absolute atomic E-state index is 0.0426. The maximum Gasteiger partial charge on any atom is 0.410 e. The van der Waals surface area contributed by atoms with Crippen LogP contribution in [-0.4, -0.2) is 46.6 Å². The number of rotatable bonds is 6. The van der Waals surface area contributed by atoms with Crippen LogP contribution in [0.5, 0.6) is 0 Å². The number of halogens is 1. The van der Waals surface area contributed by atoms with Gasteiger partial charge in [-0.3, -0.25) is 0 Å². The smallest absolute Gasteiger partial charge is 0.410 e. The lowest BCUT2D eigenvalue weighted by Gasteiger charge is -2.64. The fourth-order valence-electron chi connectivity index (χ4n) is 11.6. The van der Waals surface area contributed by atoms with Crippen LogP contribution >= 0.6 is 11.6 Å². The SMILES string of the molecule is CC[C@@H]1C2C[C@H](O)CC[C@]2(C)[C@H]2CC[C@]3(C)[C@@H]([C@H](C)CCOC(=O)N4CCCC4c4cccc(Cl)c4)CC[C@H]3[C@@H]2[C@@H]1O. The van der Waals surface area contributed by atoms with Gasteiger partial charge in [0.25, 0.3) is 0 Å². The fourth-order valence-corrected chi connectivity index (χ4v) is 11.8. The molecule has 5 fully saturated rings. The van der Waals surface area contributed by atoms with Crippen molar-refractivity contribution in [3.8, 4) is 0 Å². The molecule has 234 valence electrons. The Morgan fingerprint density at radius 2 is 1.83 bits per heavy atom. The third kappa shape index (κ3) is 5.11. The van der Waals surface area contributed by atoms with Gasteiger partial charge in [0, 0.05) is 11.6 Å². The van der Waals surface area contributed by atoms with Crippen LogP contribution in [0.4, 0.5) is 4.79 Å². The van der Waals surface area contributed by atoms with Gasteiger partial charge in [0.1, 0.15) is 0 Å². The van der Waals surface area contributed by atoms with Crippen LogP contribution in [0.2, 0.25) is 5.02 Å². The number of hydrogen-bond acceptors (Lipinski definition) is 4. The Bertz CT molecular complexity index is 1130. The normalized spacial score (nSPS) is 43.8. The number of fused-ring (bicyclic) bond motifs is 5. The first-order valence-corrected chi connectivity index (χ1v) is 17.5. The zero-order valence-corrected chi connectivity index (χ0v) is 27.1. The summed E-state index contributed by atoms with van der Waals surface area (Å²) >= 11 is 6.24. The molecule has 42 heavy (non-hydrogen) atoms. The monoisotopic (exact) mass is 599 g/mol.